The molecule has 3 heterocycles. The molecule has 6 heteroatoms. The quantitative estimate of drug-likeness (QED) is 0.855. The first-order valence-corrected chi connectivity index (χ1v) is 9.30. The fourth-order valence-corrected chi connectivity index (χ4v) is 4.83. The van der Waals surface area contributed by atoms with E-state index in [1.807, 2.05) is 16.7 Å². The van der Waals surface area contributed by atoms with Crippen molar-refractivity contribution in [3.8, 4) is 6.07 Å². The van der Waals surface area contributed by atoms with E-state index in [0.29, 0.717) is 23.0 Å². The van der Waals surface area contributed by atoms with Crippen molar-refractivity contribution in [3.63, 3.8) is 0 Å². The van der Waals surface area contributed by atoms with Gasteiger partial charge in [0.25, 0.3) is 5.91 Å². The van der Waals surface area contributed by atoms with Gasteiger partial charge in [-0.1, -0.05) is 0 Å². The van der Waals surface area contributed by atoms with Crippen LogP contribution in [0, 0.1) is 11.3 Å². The first-order valence-electron chi connectivity index (χ1n) is 7.27. The van der Waals surface area contributed by atoms with Crippen molar-refractivity contribution in [1.29, 1.82) is 5.26 Å². The number of rotatable bonds is 4. The summed E-state index contributed by atoms with van der Waals surface area (Å²) < 4.78 is 5.71. The predicted octanol–water partition coefficient (Wildman–Crippen LogP) is 2.75. The van der Waals surface area contributed by atoms with E-state index in [1.165, 1.54) is 11.3 Å². The third-order valence-electron chi connectivity index (χ3n) is 3.97. The van der Waals surface area contributed by atoms with Crippen LogP contribution in [0.2, 0.25) is 0 Å². The maximum atomic E-state index is 12.8. The fraction of sp³-hybridized carbons (Fsp3) is 0.600. The van der Waals surface area contributed by atoms with Crippen molar-refractivity contribution >= 4 is 29.0 Å². The summed E-state index contributed by atoms with van der Waals surface area (Å²) in [5.41, 5.74) is 0.571. The minimum absolute atomic E-state index is 0.0597. The molecule has 2 atom stereocenters. The lowest BCUT2D eigenvalue weighted by Gasteiger charge is -2.30. The summed E-state index contributed by atoms with van der Waals surface area (Å²) in [5.74, 6) is 2.19. The van der Waals surface area contributed by atoms with E-state index >= 15 is 0 Å². The van der Waals surface area contributed by atoms with Crippen molar-refractivity contribution in [2.45, 2.75) is 31.4 Å². The summed E-state index contributed by atoms with van der Waals surface area (Å²) in [7, 11) is 0. The number of nitrogens with zero attached hydrogens (tertiary/aromatic N) is 2. The van der Waals surface area contributed by atoms with Crippen LogP contribution in [0.5, 0.6) is 0 Å². The summed E-state index contributed by atoms with van der Waals surface area (Å²) >= 11 is 3.27. The zero-order valence-corrected chi connectivity index (χ0v) is 13.4. The van der Waals surface area contributed by atoms with Crippen LogP contribution >= 0.6 is 23.1 Å². The molecule has 21 heavy (non-hydrogen) atoms. The number of thiophene rings is 1. The van der Waals surface area contributed by atoms with Gasteiger partial charge in [0, 0.05) is 30.3 Å². The van der Waals surface area contributed by atoms with E-state index in [1.54, 1.807) is 11.4 Å². The minimum atomic E-state index is 0.0597. The molecule has 2 aliphatic rings. The Morgan fingerprint density at radius 1 is 1.52 bits per heavy atom. The molecule has 4 nitrogen and oxygen atoms in total. The van der Waals surface area contributed by atoms with E-state index in [9.17, 15) is 4.79 Å². The monoisotopic (exact) mass is 322 g/mol. The maximum absolute atomic E-state index is 12.8. The van der Waals surface area contributed by atoms with Crippen molar-refractivity contribution in [1.82, 2.24) is 4.90 Å². The van der Waals surface area contributed by atoms with E-state index in [-0.39, 0.29) is 12.0 Å². The summed E-state index contributed by atoms with van der Waals surface area (Å²) in [6.07, 6.45) is 3.36. The average Bonchev–Trinajstić information content (AvgIpc) is 3.25. The molecule has 0 bridgehead atoms. The van der Waals surface area contributed by atoms with Gasteiger partial charge < -0.3 is 9.64 Å². The number of nitriles is 1. The first-order chi connectivity index (χ1) is 10.3. The van der Waals surface area contributed by atoms with Gasteiger partial charge in [-0.25, -0.2) is 0 Å². The number of carbonyl (C=O) groups is 1. The van der Waals surface area contributed by atoms with E-state index in [2.05, 4.69) is 6.07 Å². The number of hydrogen-bond donors (Lipinski definition) is 0. The highest BCUT2D eigenvalue weighted by Crippen LogP contribution is 2.27. The third kappa shape index (κ3) is 3.42. The second kappa shape index (κ2) is 6.82. The van der Waals surface area contributed by atoms with Crippen molar-refractivity contribution in [3.05, 3.63) is 21.9 Å². The van der Waals surface area contributed by atoms with Crippen molar-refractivity contribution in [2.24, 2.45) is 0 Å². The van der Waals surface area contributed by atoms with Crippen LogP contribution < -0.4 is 0 Å². The normalized spacial score (nSPS) is 24.9. The smallest absolute Gasteiger partial charge is 0.264 e. The zero-order valence-electron chi connectivity index (χ0n) is 11.8. The molecule has 2 aliphatic heterocycles. The van der Waals surface area contributed by atoms with Gasteiger partial charge in [-0.2, -0.15) is 17.0 Å². The SMILES string of the molecule is N#Cc1csc(C(=O)N(CC2CCCO2)C2CCSC2)c1. The molecule has 2 saturated heterocycles. The lowest BCUT2D eigenvalue weighted by atomic mass is 10.1. The molecule has 2 unspecified atom stereocenters. The van der Waals surface area contributed by atoms with Crippen LogP contribution in [-0.2, 0) is 4.74 Å². The number of ether oxygens (including phenoxy) is 1. The Bertz CT molecular complexity index is 540. The van der Waals surface area contributed by atoms with Gasteiger partial charge in [-0.05, 0) is 31.1 Å². The second-order valence-electron chi connectivity index (χ2n) is 5.42. The Morgan fingerprint density at radius 3 is 3.05 bits per heavy atom. The predicted molar refractivity (Wildman–Crippen MR) is 84.8 cm³/mol. The van der Waals surface area contributed by atoms with Crippen LogP contribution in [0.25, 0.3) is 0 Å². The molecule has 1 aromatic rings. The second-order valence-corrected chi connectivity index (χ2v) is 7.48. The van der Waals surface area contributed by atoms with Crippen LogP contribution in [0.3, 0.4) is 0 Å². The molecule has 1 amide bonds. The van der Waals surface area contributed by atoms with Crippen molar-refractivity contribution in [2.75, 3.05) is 24.7 Å². The van der Waals surface area contributed by atoms with Crippen molar-refractivity contribution < 1.29 is 9.53 Å². The molecule has 0 saturated carbocycles. The topological polar surface area (TPSA) is 53.3 Å². The van der Waals surface area contributed by atoms with Crippen LogP contribution in [0.4, 0.5) is 0 Å². The Balaban J connectivity index is 1.76. The molecule has 2 fully saturated rings. The Morgan fingerprint density at radius 2 is 2.43 bits per heavy atom. The maximum Gasteiger partial charge on any atom is 0.264 e. The van der Waals surface area contributed by atoms with Gasteiger partial charge in [0.15, 0.2) is 0 Å². The van der Waals surface area contributed by atoms with Gasteiger partial charge in [-0.15, -0.1) is 11.3 Å². The fourth-order valence-electron chi connectivity index (χ4n) is 2.82. The zero-order chi connectivity index (χ0) is 14.7. The summed E-state index contributed by atoms with van der Waals surface area (Å²) in [5, 5.41) is 10.7. The highest BCUT2D eigenvalue weighted by atomic mass is 32.2. The number of hydrogen-bond acceptors (Lipinski definition) is 5. The van der Waals surface area contributed by atoms with Gasteiger partial charge in [0.05, 0.1) is 16.5 Å². The first kappa shape index (κ1) is 14.9. The number of carbonyl (C=O) groups excluding carboxylic acids is 1. The molecule has 0 N–H and O–H groups in total. The molecular weight excluding hydrogens is 304 g/mol. The van der Waals surface area contributed by atoms with Gasteiger partial charge in [0.2, 0.25) is 0 Å². The molecule has 0 spiro atoms. The summed E-state index contributed by atoms with van der Waals surface area (Å²) in [6.45, 7) is 1.49. The molecule has 112 valence electrons. The van der Waals surface area contributed by atoms with Gasteiger partial charge in [0.1, 0.15) is 6.07 Å². The van der Waals surface area contributed by atoms with Crippen LogP contribution in [-0.4, -0.2) is 47.6 Å². The largest absolute Gasteiger partial charge is 0.376 e. The number of amides is 1. The van der Waals surface area contributed by atoms with E-state index < -0.39 is 0 Å². The highest BCUT2D eigenvalue weighted by Gasteiger charge is 2.31. The average molecular weight is 322 g/mol. The van der Waals surface area contributed by atoms with Crippen LogP contribution in [0.15, 0.2) is 11.4 Å². The number of thioether (sulfide) groups is 1. The lowest BCUT2D eigenvalue weighted by molar-refractivity contribution is 0.0445. The molecule has 0 aromatic carbocycles. The van der Waals surface area contributed by atoms with Gasteiger partial charge >= 0.3 is 0 Å². The highest BCUT2D eigenvalue weighted by molar-refractivity contribution is 7.99. The standard InChI is InChI=1S/C15H18N2O2S2/c16-7-11-6-14(21-9-11)15(18)17(12-3-5-20-10-12)8-13-2-1-4-19-13/h6,9,12-13H,1-5,8,10H2. The Hall–Kier alpha value is -1.03. The molecule has 1 aromatic heterocycles. The molecular formula is C15H18N2O2S2. The minimum Gasteiger partial charge on any atom is -0.376 e. The summed E-state index contributed by atoms with van der Waals surface area (Å²) in [6, 6.07) is 4.11. The Labute approximate surface area is 133 Å². The molecule has 3 rings (SSSR count). The van der Waals surface area contributed by atoms with E-state index in [0.717, 1.165) is 37.4 Å². The van der Waals surface area contributed by atoms with Gasteiger partial charge in [-0.3, -0.25) is 4.79 Å². The third-order valence-corrected chi connectivity index (χ3v) is 6.03. The molecule has 0 radical (unpaired) electrons. The van der Waals surface area contributed by atoms with Crippen LogP contribution in [0.1, 0.15) is 34.5 Å². The molecule has 0 aliphatic carbocycles. The Kier molecular flexibility index (Phi) is 4.84. The van der Waals surface area contributed by atoms with E-state index in [4.69, 9.17) is 10.00 Å². The summed E-state index contributed by atoms with van der Waals surface area (Å²) in [4.78, 5) is 15.5. The lowest BCUT2D eigenvalue weighted by Crippen LogP contribution is -2.44.